The third-order valence-corrected chi connectivity index (χ3v) is 3.28. The molecule has 0 saturated carbocycles. The number of pyridine rings is 1. The number of hydrogen-bond donors (Lipinski definition) is 2. The predicted molar refractivity (Wildman–Crippen MR) is 75.1 cm³/mol. The maximum atomic E-state index is 11.3. The lowest BCUT2D eigenvalue weighted by Crippen LogP contribution is -2.15. The van der Waals surface area contributed by atoms with Crippen molar-refractivity contribution in [2.75, 3.05) is 7.11 Å². The number of aromatic nitrogens is 1. The molecule has 0 saturated heterocycles. The molecular weight excluding hydrogens is 258 g/mol. The van der Waals surface area contributed by atoms with Crippen LogP contribution in [0.3, 0.4) is 0 Å². The second kappa shape index (κ2) is 5.79. The Morgan fingerprint density at radius 2 is 2.00 bits per heavy atom. The number of benzene rings is 1. The van der Waals surface area contributed by atoms with Crippen LogP contribution < -0.4 is 10.2 Å². The molecule has 0 radical (unpaired) electrons. The molecule has 0 amide bonds. The largest absolute Gasteiger partial charge is 0.503 e. The normalized spacial score (nSPS) is 12.2. The van der Waals surface area contributed by atoms with Gasteiger partial charge in [-0.1, -0.05) is 18.2 Å². The highest BCUT2D eigenvalue weighted by atomic mass is 16.5. The topological polar surface area (TPSA) is 71.7 Å². The van der Waals surface area contributed by atoms with Gasteiger partial charge in [-0.3, -0.25) is 4.79 Å². The van der Waals surface area contributed by atoms with E-state index in [2.05, 4.69) is 0 Å². The fraction of sp³-hybridized carbons (Fsp3) is 0.267. The number of aromatic hydroxyl groups is 1. The molecule has 2 rings (SSSR count). The van der Waals surface area contributed by atoms with Crippen molar-refractivity contribution < 1.29 is 14.9 Å². The van der Waals surface area contributed by atoms with Crippen molar-refractivity contribution in [3.8, 4) is 11.5 Å². The first-order chi connectivity index (χ1) is 9.54. The number of aliphatic hydroxyl groups excluding tert-OH is 1. The summed E-state index contributed by atoms with van der Waals surface area (Å²) in [5.41, 5.74) is 0.657. The van der Waals surface area contributed by atoms with Crippen LogP contribution in [0.5, 0.6) is 11.5 Å². The highest BCUT2D eigenvalue weighted by Crippen LogP contribution is 2.26. The van der Waals surface area contributed by atoms with Gasteiger partial charge in [0, 0.05) is 17.8 Å². The molecule has 5 nitrogen and oxygen atoms in total. The number of aliphatic hydroxyl groups is 1. The van der Waals surface area contributed by atoms with E-state index in [4.69, 9.17) is 4.74 Å². The zero-order chi connectivity index (χ0) is 14.7. The first-order valence-corrected chi connectivity index (χ1v) is 6.24. The van der Waals surface area contributed by atoms with E-state index in [0.29, 0.717) is 17.0 Å². The molecular formula is C15H17NO4. The molecule has 0 spiro atoms. The van der Waals surface area contributed by atoms with E-state index < -0.39 is 11.5 Å². The van der Waals surface area contributed by atoms with Crippen molar-refractivity contribution in [2.45, 2.75) is 19.6 Å². The monoisotopic (exact) mass is 275 g/mol. The van der Waals surface area contributed by atoms with E-state index in [-0.39, 0.29) is 12.3 Å². The van der Waals surface area contributed by atoms with Crippen molar-refractivity contribution in [1.82, 2.24) is 4.57 Å². The molecule has 1 atom stereocenters. The molecule has 1 aromatic heterocycles. The Bertz CT molecular complexity index is 663. The summed E-state index contributed by atoms with van der Waals surface area (Å²) < 4.78 is 6.84. The summed E-state index contributed by atoms with van der Waals surface area (Å²) in [6.07, 6.45) is 0.752. The van der Waals surface area contributed by atoms with Crippen LogP contribution in [0.15, 0.2) is 41.3 Å². The molecule has 20 heavy (non-hydrogen) atoms. The maximum absolute atomic E-state index is 11.3. The highest BCUT2D eigenvalue weighted by molar-refractivity contribution is 5.35. The molecule has 1 heterocycles. The van der Waals surface area contributed by atoms with Gasteiger partial charge in [0.05, 0.1) is 19.3 Å². The Morgan fingerprint density at radius 3 is 2.70 bits per heavy atom. The Kier molecular flexibility index (Phi) is 4.10. The Labute approximate surface area is 116 Å². The smallest absolute Gasteiger partial charge is 0.223 e. The number of hydrogen-bond acceptors (Lipinski definition) is 4. The van der Waals surface area contributed by atoms with Crippen molar-refractivity contribution in [2.24, 2.45) is 0 Å². The van der Waals surface area contributed by atoms with Gasteiger partial charge >= 0.3 is 0 Å². The SMILES string of the molecule is COc1ccccc1[C@@H](O)Cn1ccc(=O)c(O)c1C. The second-order valence-electron chi connectivity index (χ2n) is 4.52. The lowest BCUT2D eigenvalue weighted by molar-refractivity contribution is 0.151. The summed E-state index contributed by atoms with van der Waals surface area (Å²) in [5, 5.41) is 19.9. The van der Waals surface area contributed by atoms with Gasteiger partial charge in [-0.25, -0.2) is 0 Å². The first-order valence-electron chi connectivity index (χ1n) is 6.24. The average Bonchev–Trinajstić information content (AvgIpc) is 2.47. The molecule has 0 aliphatic heterocycles. The van der Waals surface area contributed by atoms with E-state index in [9.17, 15) is 15.0 Å². The van der Waals surface area contributed by atoms with E-state index in [1.54, 1.807) is 36.9 Å². The van der Waals surface area contributed by atoms with Crippen molar-refractivity contribution in [1.29, 1.82) is 0 Å². The van der Waals surface area contributed by atoms with E-state index in [1.807, 2.05) is 12.1 Å². The second-order valence-corrected chi connectivity index (χ2v) is 4.52. The maximum Gasteiger partial charge on any atom is 0.223 e. The molecule has 0 fully saturated rings. The van der Waals surface area contributed by atoms with E-state index >= 15 is 0 Å². The van der Waals surface area contributed by atoms with Gasteiger partial charge in [-0.2, -0.15) is 0 Å². The Hall–Kier alpha value is -2.27. The van der Waals surface area contributed by atoms with Gasteiger partial charge in [0.25, 0.3) is 0 Å². The quantitative estimate of drug-likeness (QED) is 0.889. The molecule has 0 unspecified atom stereocenters. The van der Waals surface area contributed by atoms with E-state index in [0.717, 1.165) is 0 Å². The molecule has 5 heteroatoms. The third kappa shape index (κ3) is 2.67. The Balaban J connectivity index is 2.30. The van der Waals surface area contributed by atoms with Gasteiger partial charge in [-0.05, 0) is 13.0 Å². The molecule has 2 aromatic rings. The first kappa shape index (κ1) is 14.1. The summed E-state index contributed by atoms with van der Waals surface area (Å²) >= 11 is 0. The van der Waals surface area contributed by atoms with Crippen LogP contribution in [0, 0.1) is 6.92 Å². The standard InChI is InChI=1S/C15H17NO4/c1-10-15(19)12(17)7-8-16(10)9-13(18)11-5-3-4-6-14(11)20-2/h3-8,13,18-19H,9H2,1-2H3/t13-/m0/s1. The molecule has 0 bridgehead atoms. The van der Waals surface area contributed by atoms with Crippen LogP contribution in [-0.4, -0.2) is 21.9 Å². The van der Waals surface area contributed by atoms with Crippen LogP contribution in [0.25, 0.3) is 0 Å². The molecule has 1 aromatic carbocycles. The van der Waals surface area contributed by atoms with Crippen molar-refractivity contribution >= 4 is 0 Å². The molecule has 0 aliphatic carbocycles. The zero-order valence-electron chi connectivity index (χ0n) is 11.4. The summed E-state index contributed by atoms with van der Waals surface area (Å²) in [7, 11) is 1.54. The fourth-order valence-electron chi connectivity index (χ4n) is 2.09. The summed E-state index contributed by atoms with van der Waals surface area (Å²) in [5.74, 6) is 0.308. The minimum absolute atomic E-state index is 0.222. The zero-order valence-corrected chi connectivity index (χ0v) is 11.4. The van der Waals surface area contributed by atoms with Gasteiger partial charge in [0.1, 0.15) is 11.9 Å². The van der Waals surface area contributed by atoms with Crippen LogP contribution in [-0.2, 0) is 6.54 Å². The fourth-order valence-corrected chi connectivity index (χ4v) is 2.09. The van der Waals surface area contributed by atoms with Gasteiger partial charge in [0.2, 0.25) is 5.43 Å². The molecule has 106 valence electrons. The molecule has 0 aliphatic rings. The number of methoxy groups -OCH3 is 1. The number of ether oxygens (including phenoxy) is 1. The van der Waals surface area contributed by atoms with E-state index in [1.165, 1.54) is 6.07 Å². The summed E-state index contributed by atoms with van der Waals surface area (Å²) in [6.45, 7) is 1.85. The van der Waals surface area contributed by atoms with Crippen LogP contribution >= 0.6 is 0 Å². The van der Waals surface area contributed by atoms with Crippen molar-refractivity contribution in [3.63, 3.8) is 0 Å². The lowest BCUT2D eigenvalue weighted by atomic mass is 10.1. The number of rotatable bonds is 4. The van der Waals surface area contributed by atoms with Gasteiger partial charge < -0.3 is 19.5 Å². The van der Waals surface area contributed by atoms with Gasteiger partial charge in [0.15, 0.2) is 5.75 Å². The summed E-state index contributed by atoms with van der Waals surface area (Å²) in [6, 6.07) is 8.47. The average molecular weight is 275 g/mol. The minimum Gasteiger partial charge on any atom is -0.503 e. The lowest BCUT2D eigenvalue weighted by Gasteiger charge is -2.18. The number of para-hydroxylation sites is 1. The number of nitrogens with zero attached hydrogens (tertiary/aromatic N) is 1. The highest BCUT2D eigenvalue weighted by Gasteiger charge is 2.15. The van der Waals surface area contributed by atoms with Crippen molar-refractivity contribution in [3.05, 3.63) is 58.0 Å². The predicted octanol–water partition coefficient (Wildman–Crippen LogP) is 1.60. The van der Waals surface area contributed by atoms with Gasteiger partial charge in [-0.15, -0.1) is 0 Å². The molecule has 2 N–H and O–H groups in total. The van der Waals surface area contributed by atoms with Crippen LogP contribution in [0.4, 0.5) is 0 Å². The Morgan fingerprint density at radius 1 is 1.30 bits per heavy atom. The van der Waals surface area contributed by atoms with Crippen LogP contribution in [0.1, 0.15) is 17.4 Å². The van der Waals surface area contributed by atoms with Crippen LogP contribution in [0.2, 0.25) is 0 Å². The third-order valence-electron chi connectivity index (χ3n) is 3.28. The summed E-state index contributed by atoms with van der Waals surface area (Å²) in [4.78, 5) is 11.3. The minimum atomic E-state index is -0.799.